The molecule has 0 aliphatic carbocycles. The molecule has 0 spiro atoms. The van der Waals surface area contributed by atoms with Crippen LogP contribution in [0.15, 0.2) is 36.7 Å². The van der Waals surface area contributed by atoms with E-state index in [1.165, 1.54) is 10.7 Å². The van der Waals surface area contributed by atoms with Gasteiger partial charge < -0.3 is 10.2 Å². The number of halogens is 3. The summed E-state index contributed by atoms with van der Waals surface area (Å²) in [6.07, 6.45) is 1.47. The van der Waals surface area contributed by atoms with E-state index in [9.17, 15) is 18.0 Å². The highest BCUT2D eigenvalue weighted by atomic mass is 19.3. The summed E-state index contributed by atoms with van der Waals surface area (Å²) in [4.78, 5) is 13.3. The van der Waals surface area contributed by atoms with Crippen LogP contribution in [-0.4, -0.2) is 39.7 Å². The Hall–Kier alpha value is -2.51. The predicted octanol–water partition coefficient (Wildman–Crippen LogP) is 2.95. The van der Waals surface area contributed by atoms with Crippen LogP contribution < -0.4 is 5.32 Å². The first-order chi connectivity index (χ1) is 11.6. The lowest BCUT2D eigenvalue weighted by Gasteiger charge is -2.24. The number of hydrogen-bond donors (Lipinski definition) is 1. The molecule has 0 saturated carbocycles. The lowest BCUT2D eigenvalue weighted by Crippen LogP contribution is -2.45. The number of aromatic nitrogens is 2. The fourth-order valence-electron chi connectivity index (χ4n) is 2.92. The number of nitrogens with one attached hydrogen (secondary N) is 1. The van der Waals surface area contributed by atoms with Gasteiger partial charge in [-0.1, -0.05) is 6.07 Å². The summed E-state index contributed by atoms with van der Waals surface area (Å²) in [6, 6.07) is 4.53. The van der Waals surface area contributed by atoms with Gasteiger partial charge in [-0.05, 0) is 31.0 Å². The van der Waals surface area contributed by atoms with Crippen LogP contribution >= 0.6 is 0 Å². The quantitative estimate of drug-likeness (QED) is 0.932. The molecule has 1 aromatic heterocycles. The van der Waals surface area contributed by atoms with Gasteiger partial charge in [0.25, 0.3) is 6.43 Å². The molecule has 1 aliphatic rings. The van der Waals surface area contributed by atoms with Gasteiger partial charge in [0.15, 0.2) is 0 Å². The SMILES string of the molecule is O=C(NCc1c(F)cccc1-n1cccn1)N1CCC[C@H]1C(F)F. The molecule has 2 heterocycles. The number of carbonyl (C=O) groups excluding carboxylic acids is 1. The maximum absolute atomic E-state index is 14.1. The Bertz CT molecular complexity index is 705. The smallest absolute Gasteiger partial charge is 0.318 e. The Labute approximate surface area is 137 Å². The summed E-state index contributed by atoms with van der Waals surface area (Å²) in [6.45, 7) is 0.178. The van der Waals surface area contributed by atoms with Crippen molar-refractivity contribution in [1.29, 1.82) is 0 Å². The van der Waals surface area contributed by atoms with Crippen molar-refractivity contribution in [2.24, 2.45) is 0 Å². The summed E-state index contributed by atoms with van der Waals surface area (Å²) in [5, 5.41) is 6.60. The molecule has 1 fully saturated rings. The van der Waals surface area contributed by atoms with Gasteiger partial charge in [-0.15, -0.1) is 0 Å². The van der Waals surface area contributed by atoms with Crippen LogP contribution in [-0.2, 0) is 6.54 Å². The first kappa shape index (κ1) is 16.4. The Morgan fingerprint density at radius 3 is 2.92 bits per heavy atom. The number of carbonyl (C=O) groups is 1. The van der Waals surface area contributed by atoms with E-state index < -0.39 is 24.3 Å². The van der Waals surface area contributed by atoms with Crippen molar-refractivity contribution in [2.75, 3.05) is 6.54 Å². The molecule has 2 aromatic rings. The second kappa shape index (κ2) is 6.94. The van der Waals surface area contributed by atoms with Crippen LogP contribution in [0, 0.1) is 5.82 Å². The van der Waals surface area contributed by atoms with E-state index in [2.05, 4.69) is 10.4 Å². The second-order valence-corrected chi connectivity index (χ2v) is 5.58. The normalized spacial score (nSPS) is 17.5. The number of amides is 2. The minimum absolute atomic E-state index is 0.104. The van der Waals surface area contributed by atoms with Crippen LogP contribution in [0.3, 0.4) is 0 Å². The zero-order chi connectivity index (χ0) is 17.1. The molecule has 1 aliphatic heterocycles. The summed E-state index contributed by atoms with van der Waals surface area (Å²) < 4.78 is 41.5. The van der Waals surface area contributed by atoms with Gasteiger partial charge in [-0.25, -0.2) is 22.6 Å². The fraction of sp³-hybridized carbons (Fsp3) is 0.375. The lowest BCUT2D eigenvalue weighted by atomic mass is 10.1. The van der Waals surface area contributed by atoms with Gasteiger partial charge in [-0.3, -0.25) is 0 Å². The minimum atomic E-state index is -2.58. The average Bonchev–Trinajstić information content (AvgIpc) is 3.24. The van der Waals surface area contributed by atoms with E-state index in [4.69, 9.17) is 0 Å². The van der Waals surface area contributed by atoms with Crippen molar-refractivity contribution in [1.82, 2.24) is 20.0 Å². The van der Waals surface area contributed by atoms with Gasteiger partial charge in [0, 0.05) is 31.0 Å². The molecule has 0 radical (unpaired) electrons. The van der Waals surface area contributed by atoms with Crippen molar-refractivity contribution in [3.63, 3.8) is 0 Å². The topological polar surface area (TPSA) is 50.2 Å². The standard InChI is InChI=1S/C16H17F3N4O/c17-12-4-1-5-13(23-9-3-7-21-23)11(12)10-20-16(24)22-8-2-6-14(22)15(18)19/h1,3-5,7,9,14-15H,2,6,8,10H2,(H,20,24)/t14-/m0/s1. The zero-order valence-corrected chi connectivity index (χ0v) is 12.8. The van der Waals surface area contributed by atoms with Crippen molar-refractivity contribution in [3.05, 3.63) is 48.0 Å². The third-order valence-electron chi connectivity index (χ3n) is 4.11. The van der Waals surface area contributed by atoms with Crippen LogP contribution in [0.1, 0.15) is 18.4 Å². The van der Waals surface area contributed by atoms with E-state index in [1.54, 1.807) is 30.6 Å². The van der Waals surface area contributed by atoms with Gasteiger partial charge >= 0.3 is 6.03 Å². The van der Waals surface area contributed by atoms with Crippen LogP contribution in [0.5, 0.6) is 0 Å². The van der Waals surface area contributed by atoms with E-state index in [0.717, 1.165) is 4.90 Å². The van der Waals surface area contributed by atoms with Crippen molar-refractivity contribution in [3.8, 4) is 5.69 Å². The van der Waals surface area contributed by atoms with E-state index >= 15 is 0 Å². The third-order valence-corrected chi connectivity index (χ3v) is 4.11. The number of likely N-dealkylation sites (tertiary alicyclic amines) is 1. The minimum Gasteiger partial charge on any atom is -0.334 e. The van der Waals surface area contributed by atoms with Crippen molar-refractivity contribution < 1.29 is 18.0 Å². The van der Waals surface area contributed by atoms with Crippen LogP contribution in [0.25, 0.3) is 5.69 Å². The van der Waals surface area contributed by atoms with Gasteiger partial charge in [0.1, 0.15) is 5.82 Å². The number of hydrogen-bond acceptors (Lipinski definition) is 2. The fourth-order valence-corrected chi connectivity index (χ4v) is 2.92. The van der Waals surface area contributed by atoms with Crippen molar-refractivity contribution in [2.45, 2.75) is 31.9 Å². The number of nitrogens with zero attached hydrogens (tertiary/aromatic N) is 3. The van der Waals surface area contributed by atoms with E-state index in [0.29, 0.717) is 12.1 Å². The maximum Gasteiger partial charge on any atom is 0.318 e. The van der Waals surface area contributed by atoms with Gasteiger partial charge in [0.05, 0.1) is 11.7 Å². The number of benzene rings is 1. The molecule has 8 heteroatoms. The number of urea groups is 1. The highest BCUT2D eigenvalue weighted by Crippen LogP contribution is 2.23. The second-order valence-electron chi connectivity index (χ2n) is 5.58. The molecule has 1 aromatic carbocycles. The Morgan fingerprint density at radius 1 is 1.38 bits per heavy atom. The average molecular weight is 338 g/mol. The Kier molecular flexibility index (Phi) is 4.73. The van der Waals surface area contributed by atoms with Gasteiger partial charge in [0.2, 0.25) is 0 Å². The maximum atomic E-state index is 14.1. The summed E-state index contributed by atoms with van der Waals surface area (Å²) in [7, 11) is 0. The Morgan fingerprint density at radius 2 is 2.21 bits per heavy atom. The summed E-state index contributed by atoms with van der Waals surface area (Å²) >= 11 is 0. The highest BCUT2D eigenvalue weighted by molar-refractivity contribution is 5.75. The lowest BCUT2D eigenvalue weighted by molar-refractivity contribution is 0.0606. The molecule has 0 bridgehead atoms. The summed E-state index contributed by atoms with van der Waals surface area (Å²) in [5.74, 6) is -0.491. The molecule has 2 amide bonds. The van der Waals surface area contributed by atoms with E-state index in [-0.39, 0.29) is 25.1 Å². The highest BCUT2D eigenvalue weighted by Gasteiger charge is 2.35. The molecule has 0 unspecified atom stereocenters. The molecule has 128 valence electrons. The number of alkyl halides is 2. The zero-order valence-electron chi connectivity index (χ0n) is 12.8. The van der Waals surface area contributed by atoms with Crippen molar-refractivity contribution >= 4 is 6.03 Å². The molecule has 24 heavy (non-hydrogen) atoms. The molecule has 3 rings (SSSR count). The largest absolute Gasteiger partial charge is 0.334 e. The molecule has 1 saturated heterocycles. The molecule has 5 nitrogen and oxygen atoms in total. The van der Waals surface area contributed by atoms with Crippen LogP contribution in [0.4, 0.5) is 18.0 Å². The molecular formula is C16H17F3N4O. The van der Waals surface area contributed by atoms with Gasteiger partial charge in [-0.2, -0.15) is 5.10 Å². The van der Waals surface area contributed by atoms with E-state index in [1.807, 2.05) is 0 Å². The Balaban J connectivity index is 1.74. The summed E-state index contributed by atoms with van der Waals surface area (Å²) in [5.41, 5.74) is 0.745. The first-order valence-corrected chi connectivity index (χ1v) is 7.68. The van der Waals surface area contributed by atoms with Crippen LogP contribution in [0.2, 0.25) is 0 Å². The third kappa shape index (κ3) is 3.22. The molecule has 1 atom stereocenters. The first-order valence-electron chi connectivity index (χ1n) is 7.68. The predicted molar refractivity (Wildman–Crippen MR) is 81.5 cm³/mol. The monoisotopic (exact) mass is 338 g/mol. The number of rotatable bonds is 4. The molecule has 1 N–H and O–H groups in total. The molecular weight excluding hydrogens is 321 g/mol.